The number of nitrogens with one attached hydrogen (secondary N) is 1. The van der Waals surface area contributed by atoms with E-state index in [1.807, 2.05) is 42.6 Å². The van der Waals surface area contributed by atoms with Crippen molar-refractivity contribution < 1.29 is 9.53 Å². The summed E-state index contributed by atoms with van der Waals surface area (Å²) in [7, 11) is 0. The van der Waals surface area contributed by atoms with E-state index in [-0.39, 0.29) is 5.91 Å². The number of rotatable bonds is 5. The van der Waals surface area contributed by atoms with Gasteiger partial charge in [0, 0.05) is 16.0 Å². The lowest BCUT2D eigenvalue weighted by Crippen LogP contribution is -2.11. The Balaban J connectivity index is 1.66. The van der Waals surface area contributed by atoms with Crippen LogP contribution in [0.1, 0.15) is 21.6 Å². The van der Waals surface area contributed by atoms with Crippen molar-refractivity contribution in [1.29, 1.82) is 0 Å². The van der Waals surface area contributed by atoms with Crippen molar-refractivity contribution in [3.05, 3.63) is 75.8 Å². The molecule has 6 heteroatoms. The van der Waals surface area contributed by atoms with E-state index in [4.69, 9.17) is 16.3 Å². The second-order valence-electron chi connectivity index (χ2n) is 5.19. The number of carbonyl (C=O) groups excluding carboxylic acids is 1. The number of carbonyl (C=O) groups is 1. The number of benzene rings is 2. The lowest BCUT2D eigenvalue weighted by molar-refractivity contribution is 0.102. The molecule has 1 heterocycles. The van der Waals surface area contributed by atoms with Crippen molar-refractivity contribution in [2.45, 2.75) is 13.5 Å². The molecule has 0 aliphatic carbocycles. The maximum Gasteiger partial charge on any atom is 0.257 e. The molecule has 4 nitrogen and oxygen atoms in total. The Morgan fingerprint density at radius 2 is 2.08 bits per heavy atom. The number of hydrogen-bond donors (Lipinski definition) is 1. The summed E-state index contributed by atoms with van der Waals surface area (Å²) >= 11 is 7.36. The van der Waals surface area contributed by atoms with Gasteiger partial charge in [0.15, 0.2) is 5.13 Å². The molecule has 3 rings (SSSR count). The molecule has 0 saturated carbocycles. The predicted octanol–water partition coefficient (Wildman–Crippen LogP) is 4.94. The molecule has 0 atom stereocenters. The Labute approximate surface area is 149 Å². The second-order valence-corrected chi connectivity index (χ2v) is 6.49. The standard InChI is InChI=1S/C18H15ClN2O2S/c1-12-11-24-18(20-12)21-17(22)14-5-3-7-16(9-14)23-10-13-4-2-6-15(19)8-13/h2-9,11H,10H2,1H3,(H,20,21,22). The first-order chi connectivity index (χ1) is 11.6. The summed E-state index contributed by atoms with van der Waals surface area (Å²) in [5.74, 6) is 0.413. The van der Waals surface area contributed by atoms with Crippen LogP contribution in [-0.2, 0) is 6.61 Å². The maximum atomic E-state index is 12.3. The van der Waals surface area contributed by atoms with Crippen molar-refractivity contribution in [3.8, 4) is 5.75 Å². The quantitative estimate of drug-likeness (QED) is 0.703. The van der Waals surface area contributed by atoms with Crippen molar-refractivity contribution in [2.75, 3.05) is 5.32 Å². The van der Waals surface area contributed by atoms with E-state index in [1.54, 1.807) is 18.2 Å². The summed E-state index contributed by atoms with van der Waals surface area (Å²) in [4.78, 5) is 16.5. The first kappa shape index (κ1) is 16.5. The molecule has 0 spiro atoms. The normalized spacial score (nSPS) is 10.4. The van der Waals surface area contributed by atoms with Crippen molar-refractivity contribution >= 4 is 34.0 Å². The third kappa shape index (κ3) is 4.34. The smallest absolute Gasteiger partial charge is 0.257 e. The van der Waals surface area contributed by atoms with Gasteiger partial charge in [-0.15, -0.1) is 11.3 Å². The minimum Gasteiger partial charge on any atom is -0.489 e. The van der Waals surface area contributed by atoms with Gasteiger partial charge in [-0.3, -0.25) is 10.1 Å². The molecule has 0 bridgehead atoms. The fourth-order valence-corrected chi connectivity index (χ4v) is 3.00. The number of anilines is 1. The summed E-state index contributed by atoms with van der Waals surface area (Å²) in [5, 5.41) is 5.93. The van der Waals surface area contributed by atoms with Gasteiger partial charge < -0.3 is 4.74 Å². The van der Waals surface area contributed by atoms with Crippen LogP contribution in [0.25, 0.3) is 0 Å². The number of aromatic nitrogens is 1. The van der Waals surface area contributed by atoms with Crippen LogP contribution in [0.15, 0.2) is 53.9 Å². The first-order valence-corrected chi connectivity index (χ1v) is 8.57. The summed E-state index contributed by atoms with van der Waals surface area (Å²) in [6.07, 6.45) is 0. The summed E-state index contributed by atoms with van der Waals surface area (Å²) in [6.45, 7) is 2.27. The SMILES string of the molecule is Cc1csc(NC(=O)c2cccc(OCc3cccc(Cl)c3)c2)n1. The van der Waals surface area contributed by atoms with E-state index in [0.29, 0.717) is 28.1 Å². The minimum atomic E-state index is -0.211. The van der Waals surface area contributed by atoms with Gasteiger partial charge in [-0.25, -0.2) is 4.98 Å². The topological polar surface area (TPSA) is 51.2 Å². The molecule has 0 unspecified atom stereocenters. The highest BCUT2D eigenvalue weighted by molar-refractivity contribution is 7.13. The van der Waals surface area contributed by atoms with Crippen LogP contribution < -0.4 is 10.1 Å². The molecule has 1 N–H and O–H groups in total. The summed E-state index contributed by atoms with van der Waals surface area (Å²) < 4.78 is 5.74. The van der Waals surface area contributed by atoms with Gasteiger partial charge in [0.25, 0.3) is 5.91 Å². The molecule has 0 aliphatic heterocycles. The van der Waals surface area contributed by atoms with Crippen LogP contribution in [-0.4, -0.2) is 10.9 Å². The van der Waals surface area contributed by atoms with E-state index < -0.39 is 0 Å². The summed E-state index contributed by atoms with van der Waals surface area (Å²) in [5.41, 5.74) is 2.37. The molecule has 3 aromatic rings. The van der Waals surface area contributed by atoms with Crippen LogP contribution in [0.4, 0.5) is 5.13 Å². The second kappa shape index (κ2) is 7.47. The number of thiazole rings is 1. The lowest BCUT2D eigenvalue weighted by Gasteiger charge is -2.08. The molecule has 0 radical (unpaired) electrons. The molecule has 1 aromatic heterocycles. The molecule has 24 heavy (non-hydrogen) atoms. The van der Waals surface area contributed by atoms with Gasteiger partial charge in [-0.1, -0.05) is 29.8 Å². The zero-order valence-electron chi connectivity index (χ0n) is 13.0. The number of aryl methyl sites for hydroxylation is 1. The molecule has 0 fully saturated rings. The number of halogens is 1. The molecule has 122 valence electrons. The Morgan fingerprint density at radius 3 is 2.83 bits per heavy atom. The first-order valence-electron chi connectivity index (χ1n) is 7.31. The van der Waals surface area contributed by atoms with E-state index in [1.165, 1.54) is 11.3 Å². The lowest BCUT2D eigenvalue weighted by atomic mass is 10.2. The number of amides is 1. The highest BCUT2D eigenvalue weighted by atomic mass is 35.5. The van der Waals surface area contributed by atoms with E-state index in [2.05, 4.69) is 10.3 Å². The summed E-state index contributed by atoms with van der Waals surface area (Å²) in [6, 6.07) is 14.5. The highest BCUT2D eigenvalue weighted by Crippen LogP contribution is 2.19. The Hall–Kier alpha value is -2.37. The molecule has 0 aliphatic rings. The third-order valence-corrected chi connectivity index (χ3v) is 4.34. The van der Waals surface area contributed by atoms with E-state index in [0.717, 1.165) is 11.3 Å². The Morgan fingerprint density at radius 1 is 1.25 bits per heavy atom. The number of hydrogen-bond acceptors (Lipinski definition) is 4. The van der Waals surface area contributed by atoms with Crippen molar-refractivity contribution in [3.63, 3.8) is 0 Å². The fourth-order valence-electron chi connectivity index (χ4n) is 2.10. The fraction of sp³-hybridized carbons (Fsp3) is 0.111. The van der Waals surface area contributed by atoms with Gasteiger partial charge in [-0.2, -0.15) is 0 Å². The van der Waals surface area contributed by atoms with Gasteiger partial charge in [0.1, 0.15) is 12.4 Å². The molecule has 1 amide bonds. The monoisotopic (exact) mass is 358 g/mol. The number of nitrogens with zero attached hydrogens (tertiary/aromatic N) is 1. The van der Waals surface area contributed by atoms with Crippen LogP contribution in [0.5, 0.6) is 5.75 Å². The average molecular weight is 359 g/mol. The van der Waals surface area contributed by atoms with Gasteiger partial charge >= 0.3 is 0 Å². The minimum absolute atomic E-state index is 0.211. The van der Waals surface area contributed by atoms with Crippen LogP contribution in [0.3, 0.4) is 0 Å². The maximum absolute atomic E-state index is 12.3. The molecule has 0 saturated heterocycles. The number of ether oxygens (including phenoxy) is 1. The third-order valence-electron chi connectivity index (χ3n) is 3.23. The molecule has 2 aromatic carbocycles. The van der Waals surface area contributed by atoms with Crippen LogP contribution in [0, 0.1) is 6.92 Å². The van der Waals surface area contributed by atoms with Gasteiger partial charge in [-0.05, 0) is 42.8 Å². The van der Waals surface area contributed by atoms with Gasteiger partial charge in [0.05, 0.1) is 5.69 Å². The van der Waals surface area contributed by atoms with Crippen LogP contribution in [0.2, 0.25) is 5.02 Å². The zero-order chi connectivity index (χ0) is 16.9. The van der Waals surface area contributed by atoms with Crippen molar-refractivity contribution in [2.24, 2.45) is 0 Å². The molecular weight excluding hydrogens is 344 g/mol. The predicted molar refractivity (Wildman–Crippen MR) is 97.0 cm³/mol. The molecular formula is C18H15ClN2O2S. The Bertz CT molecular complexity index is 863. The van der Waals surface area contributed by atoms with Crippen molar-refractivity contribution in [1.82, 2.24) is 4.98 Å². The largest absolute Gasteiger partial charge is 0.489 e. The average Bonchev–Trinajstić information content (AvgIpc) is 2.98. The Kier molecular flexibility index (Phi) is 5.13. The highest BCUT2D eigenvalue weighted by Gasteiger charge is 2.09. The van der Waals surface area contributed by atoms with E-state index in [9.17, 15) is 4.79 Å². The van der Waals surface area contributed by atoms with Crippen LogP contribution >= 0.6 is 22.9 Å². The van der Waals surface area contributed by atoms with Gasteiger partial charge in [0.2, 0.25) is 0 Å². The zero-order valence-corrected chi connectivity index (χ0v) is 14.5. The van der Waals surface area contributed by atoms with E-state index >= 15 is 0 Å².